The second kappa shape index (κ2) is 11.5. The first-order chi connectivity index (χ1) is 20.6. The summed E-state index contributed by atoms with van der Waals surface area (Å²) in [5.41, 5.74) is 0.130. The molecule has 0 radical (unpaired) electrons. The van der Waals surface area contributed by atoms with Crippen LogP contribution in [0.2, 0.25) is 5.02 Å². The summed E-state index contributed by atoms with van der Waals surface area (Å²) in [5, 5.41) is 24.5. The number of carbonyl (C=O) groups is 2. The lowest BCUT2D eigenvalue weighted by molar-refractivity contribution is -0.140. The van der Waals surface area contributed by atoms with Gasteiger partial charge in [0.2, 0.25) is 5.91 Å². The van der Waals surface area contributed by atoms with Crippen molar-refractivity contribution < 1.29 is 27.9 Å². The van der Waals surface area contributed by atoms with E-state index in [1.165, 1.54) is 23.0 Å². The average Bonchev–Trinajstić information content (AvgIpc) is 3.73. The number of aliphatic hydroxyl groups excluding tert-OH is 1. The lowest BCUT2D eigenvalue weighted by Crippen LogP contribution is -2.50. The Kier molecular flexibility index (Phi) is 7.70. The van der Waals surface area contributed by atoms with Gasteiger partial charge in [0.05, 0.1) is 46.4 Å². The Balaban J connectivity index is 1.11. The first-order valence-electron chi connectivity index (χ1n) is 13.6. The molecule has 5 heterocycles. The molecule has 0 spiro atoms. The van der Waals surface area contributed by atoms with Gasteiger partial charge in [-0.05, 0) is 37.5 Å². The van der Waals surface area contributed by atoms with E-state index in [1.807, 2.05) is 5.10 Å². The van der Waals surface area contributed by atoms with Crippen LogP contribution in [0.3, 0.4) is 0 Å². The number of aliphatic hydroxyl groups is 1. The Morgan fingerprint density at radius 1 is 1.14 bits per heavy atom. The number of aromatic nitrogens is 5. The summed E-state index contributed by atoms with van der Waals surface area (Å²) in [6.45, 7) is 1.29. The van der Waals surface area contributed by atoms with Crippen molar-refractivity contribution in [1.82, 2.24) is 40.1 Å². The van der Waals surface area contributed by atoms with Crippen LogP contribution in [0.1, 0.15) is 35.3 Å². The molecular weight excluding hydrogens is 591 g/mol. The number of carbonyl (C=O) groups excluding carboxylic acids is 2. The molecule has 2 amide bonds. The predicted octanol–water partition coefficient (Wildman–Crippen LogP) is 2.98. The molecule has 2 atom stereocenters. The summed E-state index contributed by atoms with van der Waals surface area (Å²) in [6.07, 6.45) is 1.74. The topological polar surface area (TPSA) is 153 Å². The third-order valence-corrected chi connectivity index (χ3v) is 7.95. The Morgan fingerprint density at radius 3 is 2.63 bits per heavy atom. The van der Waals surface area contributed by atoms with Gasteiger partial charge in [0.25, 0.3) is 5.91 Å². The third-order valence-electron chi connectivity index (χ3n) is 7.64. The van der Waals surface area contributed by atoms with Gasteiger partial charge in [-0.3, -0.25) is 19.1 Å². The number of amides is 2. The SMILES string of the molecule is O=C(NC1CCN(C(=O)c2ccc(Nc3nccn4c(-c5cn[nH]c5C(F)(F)F)cnc34)cc2Cl)CC1)C1CC(O)CN1. The smallest absolute Gasteiger partial charge is 0.392 e. The maximum atomic E-state index is 13.4. The van der Waals surface area contributed by atoms with Gasteiger partial charge < -0.3 is 26.0 Å². The molecule has 12 nitrogen and oxygen atoms in total. The molecule has 5 N–H and O–H groups in total. The number of likely N-dealkylation sites (tertiary alicyclic amines) is 1. The fraction of sp³-hybridized carbons (Fsp3) is 0.370. The number of fused-ring (bicyclic) bond motifs is 1. The number of benzene rings is 1. The number of β-amino-alcohol motifs (C(OH)–C–C–N with tert-alkyl or cyclic N) is 1. The maximum Gasteiger partial charge on any atom is 0.433 e. The second-order valence-corrected chi connectivity index (χ2v) is 10.9. The number of hydrogen-bond acceptors (Lipinski definition) is 8. The lowest BCUT2D eigenvalue weighted by atomic mass is 10.0. The van der Waals surface area contributed by atoms with Gasteiger partial charge in [-0.2, -0.15) is 18.3 Å². The number of alkyl halides is 3. The molecular formula is C27H27ClF3N9O3. The number of anilines is 2. The van der Waals surface area contributed by atoms with E-state index < -0.39 is 24.0 Å². The van der Waals surface area contributed by atoms with Crippen molar-refractivity contribution in [2.45, 2.75) is 43.6 Å². The molecule has 16 heteroatoms. The Morgan fingerprint density at radius 2 is 1.93 bits per heavy atom. The van der Waals surface area contributed by atoms with Crippen molar-refractivity contribution in [1.29, 1.82) is 0 Å². The normalized spacial score (nSPS) is 19.6. The molecule has 2 aliphatic rings. The zero-order chi connectivity index (χ0) is 30.3. The van der Waals surface area contributed by atoms with Gasteiger partial charge in [0.15, 0.2) is 11.5 Å². The third kappa shape index (κ3) is 5.87. The number of rotatable bonds is 6. The number of piperidine rings is 1. The molecule has 2 aliphatic heterocycles. The molecule has 226 valence electrons. The lowest BCUT2D eigenvalue weighted by Gasteiger charge is -2.33. The van der Waals surface area contributed by atoms with E-state index in [2.05, 4.69) is 31.0 Å². The molecule has 0 bridgehead atoms. The highest BCUT2D eigenvalue weighted by Gasteiger charge is 2.37. The van der Waals surface area contributed by atoms with Crippen LogP contribution in [0.5, 0.6) is 0 Å². The highest BCUT2D eigenvalue weighted by molar-refractivity contribution is 6.34. The van der Waals surface area contributed by atoms with Crippen LogP contribution in [-0.4, -0.2) is 84.2 Å². The van der Waals surface area contributed by atoms with Gasteiger partial charge in [0.1, 0.15) is 5.69 Å². The van der Waals surface area contributed by atoms with Crippen LogP contribution in [-0.2, 0) is 11.0 Å². The van der Waals surface area contributed by atoms with Gasteiger partial charge in [-0.15, -0.1) is 0 Å². The monoisotopic (exact) mass is 617 g/mol. The van der Waals surface area contributed by atoms with Crippen molar-refractivity contribution in [3.05, 3.63) is 59.3 Å². The molecule has 4 aromatic rings. The van der Waals surface area contributed by atoms with Crippen molar-refractivity contribution in [2.24, 2.45) is 0 Å². The molecule has 1 aromatic carbocycles. The van der Waals surface area contributed by atoms with Gasteiger partial charge in [-0.1, -0.05) is 11.6 Å². The Bertz CT molecular complexity index is 1670. The number of imidazole rings is 1. The van der Waals surface area contributed by atoms with E-state index in [-0.39, 0.29) is 45.6 Å². The zero-order valence-electron chi connectivity index (χ0n) is 22.5. The number of nitrogens with one attached hydrogen (secondary N) is 4. The van der Waals surface area contributed by atoms with E-state index in [1.54, 1.807) is 23.1 Å². The summed E-state index contributed by atoms with van der Waals surface area (Å²) in [4.78, 5) is 35.9. The van der Waals surface area contributed by atoms with Crippen LogP contribution >= 0.6 is 11.6 Å². The Labute approximate surface area is 247 Å². The van der Waals surface area contributed by atoms with E-state index in [0.29, 0.717) is 50.1 Å². The highest BCUT2D eigenvalue weighted by Crippen LogP contribution is 2.36. The molecule has 0 aliphatic carbocycles. The van der Waals surface area contributed by atoms with Gasteiger partial charge >= 0.3 is 6.18 Å². The number of hydrogen-bond donors (Lipinski definition) is 5. The van der Waals surface area contributed by atoms with Crippen LogP contribution in [0, 0.1) is 0 Å². The first-order valence-corrected chi connectivity index (χ1v) is 14.0. The zero-order valence-corrected chi connectivity index (χ0v) is 23.3. The number of nitrogens with zero attached hydrogens (tertiary/aromatic N) is 5. The molecule has 43 heavy (non-hydrogen) atoms. The van der Waals surface area contributed by atoms with Crippen molar-refractivity contribution >= 4 is 40.6 Å². The summed E-state index contributed by atoms with van der Waals surface area (Å²) in [6, 6.07) is 4.34. The van der Waals surface area contributed by atoms with E-state index in [9.17, 15) is 27.9 Å². The van der Waals surface area contributed by atoms with Crippen molar-refractivity contribution in [3.8, 4) is 11.3 Å². The summed E-state index contributed by atoms with van der Waals surface area (Å²) >= 11 is 6.51. The van der Waals surface area contributed by atoms with Crippen molar-refractivity contribution in [2.75, 3.05) is 25.0 Å². The van der Waals surface area contributed by atoms with Gasteiger partial charge in [0, 0.05) is 43.8 Å². The Hall–Kier alpha value is -4.21. The van der Waals surface area contributed by atoms with E-state index in [0.717, 1.165) is 6.20 Å². The van der Waals surface area contributed by atoms with Crippen LogP contribution in [0.4, 0.5) is 24.7 Å². The van der Waals surface area contributed by atoms with Gasteiger partial charge in [-0.25, -0.2) is 9.97 Å². The first kappa shape index (κ1) is 28.9. The molecule has 6 rings (SSSR count). The minimum atomic E-state index is -4.62. The van der Waals surface area contributed by atoms with Crippen LogP contribution in [0.15, 0.2) is 43.0 Å². The predicted molar refractivity (Wildman–Crippen MR) is 150 cm³/mol. The summed E-state index contributed by atoms with van der Waals surface area (Å²) in [7, 11) is 0. The standard InChI is InChI=1S/C27H27ClF3N9O3/c28-19-9-15(36-23-24-34-13-21(40(24)8-5-32-23)18-12-35-38-22(18)27(29,30)31)1-2-17(19)26(43)39-6-3-14(4-7-39)37-25(42)20-10-16(41)11-33-20/h1-2,5,8-9,12-14,16,20,33,41H,3-4,6-7,10-11H2,(H,32,36)(H,35,38)(H,37,42). The van der Waals surface area contributed by atoms with Crippen molar-refractivity contribution in [3.63, 3.8) is 0 Å². The number of aromatic amines is 1. The molecule has 0 saturated carbocycles. The maximum absolute atomic E-state index is 13.4. The van der Waals surface area contributed by atoms with E-state index in [4.69, 9.17) is 11.6 Å². The second-order valence-electron chi connectivity index (χ2n) is 10.5. The molecule has 2 fully saturated rings. The fourth-order valence-electron chi connectivity index (χ4n) is 5.42. The van der Waals surface area contributed by atoms with Crippen LogP contribution < -0.4 is 16.0 Å². The molecule has 2 saturated heterocycles. The molecule has 3 aromatic heterocycles. The van der Waals surface area contributed by atoms with E-state index >= 15 is 0 Å². The minimum absolute atomic E-state index is 0.0647. The highest BCUT2D eigenvalue weighted by atomic mass is 35.5. The fourth-order valence-corrected chi connectivity index (χ4v) is 5.68. The summed E-state index contributed by atoms with van der Waals surface area (Å²) < 4.78 is 41.7. The number of H-pyrrole nitrogens is 1. The van der Waals surface area contributed by atoms with Crippen LogP contribution in [0.25, 0.3) is 16.9 Å². The summed E-state index contributed by atoms with van der Waals surface area (Å²) in [5.74, 6) is -0.107. The quantitative estimate of drug-likeness (QED) is 0.221. The number of halogens is 4. The average molecular weight is 618 g/mol. The molecule has 2 unspecified atom stereocenters. The minimum Gasteiger partial charge on any atom is -0.392 e. The largest absolute Gasteiger partial charge is 0.433 e.